The third-order valence-electron chi connectivity index (χ3n) is 4.73. The van der Waals surface area contributed by atoms with Crippen LogP contribution in [0.2, 0.25) is 5.15 Å². The molecule has 27 heavy (non-hydrogen) atoms. The molecular weight excluding hydrogens is 370 g/mol. The molecule has 0 aliphatic carbocycles. The molecule has 2 heterocycles. The number of halogens is 1. The van der Waals surface area contributed by atoms with Gasteiger partial charge in [-0.1, -0.05) is 11.6 Å². The molecule has 1 aliphatic rings. The largest absolute Gasteiger partial charge is 0.469 e. The van der Waals surface area contributed by atoms with Crippen LogP contribution in [0.4, 0.5) is 4.79 Å². The number of likely N-dealkylation sites (tertiary alicyclic amines) is 1. The van der Waals surface area contributed by atoms with E-state index in [1.54, 1.807) is 11.1 Å². The molecule has 0 unspecified atom stereocenters. The monoisotopic (exact) mass is 397 g/mol. The highest BCUT2D eigenvalue weighted by molar-refractivity contribution is 6.29. The Morgan fingerprint density at radius 3 is 2.48 bits per heavy atom. The average molecular weight is 398 g/mol. The summed E-state index contributed by atoms with van der Waals surface area (Å²) in [6.07, 6.45) is 6.06. The van der Waals surface area contributed by atoms with Gasteiger partial charge in [0.2, 0.25) is 0 Å². The van der Waals surface area contributed by atoms with Gasteiger partial charge in [-0.25, -0.2) is 9.78 Å². The van der Waals surface area contributed by atoms with Gasteiger partial charge in [-0.2, -0.15) is 0 Å². The van der Waals surface area contributed by atoms with Gasteiger partial charge >= 0.3 is 12.1 Å². The first-order valence-corrected chi connectivity index (χ1v) is 9.56. The smallest absolute Gasteiger partial charge is 0.410 e. The van der Waals surface area contributed by atoms with Crippen LogP contribution in [0.15, 0.2) is 12.4 Å². The minimum Gasteiger partial charge on any atom is -0.469 e. The molecule has 0 saturated carbocycles. The van der Waals surface area contributed by atoms with Gasteiger partial charge in [0.15, 0.2) is 0 Å². The van der Waals surface area contributed by atoms with Crippen molar-refractivity contribution in [3.8, 4) is 0 Å². The topological polar surface area (TPSA) is 81.6 Å². The third-order valence-corrected chi connectivity index (χ3v) is 4.92. The van der Waals surface area contributed by atoms with Crippen molar-refractivity contribution in [2.75, 3.05) is 20.2 Å². The van der Waals surface area contributed by atoms with Gasteiger partial charge in [0, 0.05) is 19.3 Å². The number of ether oxygens (including phenoxy) is 2. The Bertz CT molecular complexity index is 667. The van der Waals surface area contributed by atoms with Crippen LogP contribution < -0.4 is 0 Å². The van der Waals surface area contributed by atoms with E-state index in [4.69, 9.17) is 21.1 Å². The van der Waals surface area contributed by atoms with E-state index in [-0.39, 0.29) is 12.1 Å². The summed E-state index contributed by atoms with van der Waals surface area (Å²) in [6, 6.07) is 0. The fourth-order valence-corrected chi connectivity index (χ4v) is 3.49. The van der Waals surface area contributed by atoms with Crippen molar-refractivity contribution < 1.29 is 19.1 Å². The van der Waals surface area contributed by atoms with E-state index in [1.807, 2.05) is 20.8 Å². The quantitative estimate of drug-likeness (QED) is 0.705. The van der Waals surface area contributed by atoms with Crippen LogP contribution in [-0.4, -0.2) is 52.7 Å². The van der Waals surface area contributed by atoms with Crippen LogP contribution in [0, 0.1) is 5.41 Å². The Kier molecular flexibility index (Phi) is 7.03. The number of amides is 1. The van der Waals surface area contributed by atoms with Crippen LogP contribution in [-0.2, 0) is 20.7 Å². The molecule has 0 radical (unpaired) electrons. The zero-order chi connectivity index (χ0) is 20.1. The number of aryl methyl sites for hydroxylation is 1. The minimum atomic E-state index is -0.584. The standard InChI is InChI=1S/C19H28ClN3O4/c1-18(2,3)27-17(25)23-10-8-19(9-11-23,16(24)26-4)7-5-6-14-12-21-13-15(20)22-14/h12-13H,5-11H2,1-4H3. The van der Waals surface area contributed by atoms with Crippen molar-refractivity contribution in [1.82, 2.24) is 14.9 Å². The number of aromatic nitrogens is 2. The third kappa shape index (κ3) is 6.06. The maximum absolute atomic E-state index is 12.5. The van der Waals surface area contributed by atoms with Gasteiger partial charge in [0.05, 0.1) is 24.4 Å². The van der Waals surface area contributed by atoms with Crippen molar-refractivity contribution in [2.24, 2.45) is 5.41 Å². The van der Waals surface area contributed by atoms with E-state index >= 15 is 0 Å². The molecule has 0 atom stereocenters. The Hall–Kier alpha value is -1.89. The number of hydrogen-bond donors (Lipinski definition) is 0. The van der Waals surface area contributed by atoms with Gasteiger partial charge in [0.25, 0.3) is 0 Å². The van der Waals surface area contributed by atoms with Crippen molar-refractivity contribution in [3.05, 3.63) is 23.2 Å². The first-order valence-electron chi connectivity index (χ1n) is 9.18. The fourth-order valence-electron chi connectivity index (χ4n) is 3.32. The summed E-state index contributed by atoms with van der Waals surface area (Å²) in [7, 11) is 1.41. The molecule has 1 aromatic rings. The highest BCUT2D eigenvalue weighted by Gasteiger charge is 2.43. The second-order valence-electron chi connectivity index (χ2n) is 7.93. The lowest BCUT2D eigenvalue weighted by Crippen LogP contribution is -2.48. The second-order valence-corrected chi connectivity index (χ2v) is 8.31. The molecule has 1 saturated heterocycles. The van der Waals surface area contributed by atoms with E-state index in [2.05, 4.69) is 9.97 Å². The maximum atomic E-state index is 12.5. The number of carbonyl (C=O) groups excluding carboxylic acids is 2. The minimum absolute atomic E-state index is 0.219. The van der Waals surface area contributed by atoms with Crippen LogP contribution in [0.5, 0.6) is 0 Å². The van der Waals surface area contributed by atoms with Crippen LogP contribution in [0.1, 0.15) is 52.1 Å². The van der Waals surface area contributed by atoms with E-state index < -0.39 is 11.0 Å². The zero-order valence-electron chi connectivity index (χ0n) is 16.5. The summed E-state index contributed by atoms with van der Waals surface area (Å²) >= 11 is 5.87. The number of esters is 1. The van der Waals surface area contributed by atoms with Crippen LogP contribution in [0.25, 0.3) is 0 Å². The normalized spacial score (nSPS) is 16.7. The van der Waals surface area contributed by atoms with Gasteiger partial charge in [-0.3, -0.25) is 9.78 Å². The number of methoxy groups -OCH3 is 1. The van der Waals surface area contributed by atoms with Crippen LogP contribution in [0.3, 0.4) is 0 Å². The number of carbonyl (C=O) groups is 2. The van der Waals surface area contributed by atoms with E-state index in [1.165, 1.54) is 13.3 Å². The number of piperidine rings is 1. The van der Waals surface area contributed by atoms with E-state index in [9.17, 15) is 9.59 Å². The predicted molar refractivity (Wildman–Crippen MR) is 101 cm³/mol. The Labute approximate surface area is 165 Å². The molecule has 1 amide bonds. The summed E-state index contributed by atoms with van der Waals surface area (Å²) < 4.78 is 10.5. The second kappa shape index (κ2) is 8.87. The lowest BCUT2D eigenvalue weighted by molar-refractivity contribution is -0.156. The molecule has 0 aromatic carbocycles. The van der Waals surface area contributed by atoms with E-state index in [0.717, 1.165) is 12.1 Å². The summed E-state index contributed by atoms with van der Waals surface area (Å²) in [4.78, 5) is 34.7. The van der Waals surface area contributed by atoms with E-state index in [0.29, 0.717) is 43.9 Å². The number of rotatable bonds is 5. The Morgan fingerprint density at radius 1 is 1.26 bits per heavy atom. The molecule has 8 heteroatoms. The first-order chi connectivity index (χ1) is 12.6. The molecule has 1 aliphatic heterocycles. The summed E-state index contributed by atoms with van der Waals surface area (Å²) in [5.41, 5.74) is -0.320. The lowest BCUT2D eigenvalue weighted by Gasteiger charge is -2.40. The molecule has 0 bridgehead atoms. The fraction of sp³-hybridized carbons (Fsp3) is 0.684. The molecule has 150 valence electrons. The van der Waals surface area contributed by atoms with Gasteiger partial charge in [-0.15, -0.1) is 0 Å². The Balaban J connectivity index is 1.95. The van der Waals surface area contributed by atoms with Crippen molar-refractivity contribution in [3.63, 3.8) is 0 Å². The molecule has 0 spiro atoms. The molecule has 0 N–H and O–H groups in total. The number of nitrogens with zero attached hydrogens (tertiary/aromatic N) is 3. The molecule has 1 fully saturated rings. The summed E-state index contributed by atoms with van der Waals surface area (Å²) in [5, 5.41) is 0.362. The van der Waals surface area contributed by atoms with Gasteiger partial charge in [0.1, 0.15) is 10.8 Å². The van der Waals surface area contributed by atoms with Crippen LogP contribution >= 0.6 is 11.6 Å². The maximum Gasteiger partial charge on any atom is 0.410 e. The average Bonchev–Trinajstić information content (AvgIpc) is 2.60. The predicted octanol–water partition coefficient (Wildman–Crippen LogP) is 3.64. The Morgan fingerprint density at radius 2 is 1.93 bits per heavy atom. The number of hydrogen-bond acceptors (Lipinski definition) is 6. The van der Waals surface area contributed by atoms with Crippen molar-refractivity contribution in [1.29, 1.82) is 0 Å². The lowest BCUT2D eigenvalue weighted by atomic mass is 9.74. The highest BCUT2D eigenvalue weighted by Crippen LogP contribution is 2.38. The van der Waals surface area contributed by atoms with Crippen molar-refractivity contribution >= 4 is 23.7 Å². The molecular formula is C19H28ClN3O4. The summed E-state index contributed by atoms with van der Waals surface area (Å²) in [5.74, 6) is -0.219. The molecule has 7 nitrogen and oxygen atoms in total. The van der Waals surface area contributed by atoms with Crippen molar-refractivity contribution in [2.45, 2.75) is 58.5 Å². The van der Waals surface area contributed by atoms with Gasteiger partial charge in [-0.05, 0) is 52.9 Å². The van der Waals surface area contributed by atoms with Gasteiger partial charge < -0.3 is 14.4 Å². The SMILES string of the molecule is COC(=O)C1(CCCc2cncc(Cl)n2)CCN(C(=O)OC(C)(C)C)CC1. The molecule has 2 rings (SSSR count). The molecule has 1 aromatic heterocycles. The zero-order valence-corrected chi connectivity index (χ0v) is 17.2. The summed E-state index contributed by atoms with van der Waals surface area (Å²) in [6.45, 7) is 6.47. The highest BCUT2D eigenvalue weighted by atomic mass is 35.5. The first kappa shape index (κ1) is 21.4.